The molecule has 1 amide bonds. The number of carbonyl (C=O) groups excluding carboxylic acids is 2. The lowest BCUT2D eigenvalue weighted by atomic mass is 10.2. The molecule has 0 radical (unpaired) electrons. The Hall–Kier alpha value is -3.43. The minimum atomic E-state index is -0.863. The van der Waals surface area contributed by atoms with Gasteiger partial charge < -0.3 is 19.4 Å². The van der Waals surface area contributed by atoms with Gasteiger partial charge in [-0.15, -0.1) is 0 Å². The highest BCUT2D eigenvalue weighted by Crippen LogP contribution is 2.22. The fourth-order valence-corrected chi connectivity index (χ4v) is 2.32. The van der Waals surface area contributed by atoms with Crippen molar-refractivity contribution >= 4 is 28.5 Å². The second-order valence-corrected chi connectivity index (χ2v) is 5.47. The third kappa shape index (κ3) is 3.97. The SMILES string of the molecule is COC(=O)[C@H](C)NC(=O)COc1cc2cc([N+](=O)[O-])ccc2n(C)c1=O. The van der Waals surface area contributed by atoms with E-state index in [0.29, 0.717) is 10.9 Å². The van der Waals surface area contributed by atoms with E-state index in [0.717, 1.165) is 0 Å². The van der Waals surface area contributed by atoms with Crippen LogP contribution in [0.2, 0.25) is 0 Å². The summed E-state index contributed by atoms with van der Waals surface area (Å²) in [7, 11) is 2.68. The zero-order chi connectivity index (χ0) is 19.4. The van der Waals surface area contributed by atoms with Gasteiger partial charge in [-0.05, 0) is 19.1 Å². The third-order valence-electron chi connectivity index (χ3n) is 3.68. The van der Waals surface area contributed by atoms with Crippen molar-refractivity contribution in [1.82, 2.24) is 9.88 Å². The van der Waals surface area contributed by atoms with Crippen LogP contribution in [0.15, 0.2) is 29.1 Å². The molecule has 1 heterocycles. The number of nitro groups is 1. The molecule has 138 valence electrons. The zero-order valence-corrected chi connectivity index (χ0v) is 14.3. The molecule has 0 aliphatic rings. The number of pyridine rings is 1. The van der Waals surface area contributed by atoms with Crippen molar-refractivity contribution in [3.8, 4) is 5.75 Å². The number of methoxy groups -OCH3 is 1. The topological polar surface area (TPSA) is 130 Å². The van der Waals surface area contributed by atoms with Gasteiger partial charge in [0.1, 0.15) is 6.04 Å². The number of non-ortho nitro benzene ring substituents is 1. The molecule has 0 bridgehead atoms. The minimum absolute atomic E-state index is 0.133. The number of ether oxygens (including phenoxy) is 2. The smallest absolute Gasteiger partial charge is 0.328 e. The molecule has 1 atom stereocenters. The molecule has 0 saturated heterocycles. The number of carbonyl (C=O) groups is 2. The normalized spacial score (nSPS) is 11.7. The van der Waals surface area contributed by atoms with Crippen LogP contribution >= 0.6 is 0 Å². The fourth-order valence-electron chi connectivity index (χ4n) is 2.32. The molecule has 0 saturated carbocycles. The Morgan fingerprint density at radius 1 is 1.35 bits per heavy atom. The van der Waals surface area contributed by atoms with E-state index >= 15 is 0 Å². The number of esters is 1. The Kier molecular flexibility index (Phi) is 5.55. The van der Waals surface area contributed by atoms with Gasteiger partial charge in [0.25, 0.3) is 17.2 Å². The van der Waals surface area contributed by atoms with Crippen molar-refractivity contribution in [1.29, 1.82) is 0 Å². The molecule has 1 aromatic heterocycles. The van der Waals surface area contributed by atoms with Crippen molar-refractivity contribution in [2.24, 2.45) is 7.05 Å². The summed E-state index contributed by atoms with van der Waals surface area (Å²) in [5.74, 6) is -1.38. The number of hydrogen-bond donors (Lipinski definition) is 1. The van der Waals surface area contributed by atoms with Crippen LogP contribution in [0, 0.1) is 10.1 Å². The van der Waals surface area contributed by atoms with Crippen LogP contribution in [0.25, 0.3) is 10.9 Å². The zero-order valence-electron chi connectivity index (χ0n) is 14.3. The van der Waals surface area contributed by atoms with Crippen molar-refractivity contribution < 1.29 is 24.0 Å². The van der Waals surface area contributed by atoms with Crippen LogP contribution < -0.4 is 15.6 Å². The molecule has 10 heteroatoms. The van der Waals surface area contributed by atoms with E-state index in [1.54, 1.807) is 0 Å². The molecule has 0 spiro atoms. The summed E-state index contributed by atoms with van der Waals surface area (Å²) in [5, 5.41) is 13.7. The Morgan fingerprint density at radius 3 is 2.65 bits per heavy atom. The van der Waals surface area contributed by atoms with Crippen molar-refractivity contribution in [2.45, 2.75) is 13.0 Å². The number of aryl methyl sites for hydroxylation is 1. The Morgan fingerprint density at radius 2 is 2.04 bits per heavy atom. The number of nitrogens with zero attached hydrogens (tertiary/aromatic N) is 2. The standard InChI is InChI=1S/C16H17N3O7/c1-9(16(22)25-3)17-14(20)8-26-13-7-10-6-11(19(23)24)4-5-12(10)18(2)15(13)21/h4-7,9H,8H2,1-3H3,(H,17,20)/t9-/m0/s1. The predicted octanol–water partition coefficient (Wildman–Crippen LogP) is 0.503. The highest BCUT2D eigenvalue weighted by Gasteiger charge is 2.17. The second kappa shape index (κ2) is 7.64. The van der Waals surface area contributed by atoms with Gasteiger partial charge in [-0.2, -0.15) is 0 Å². The molecule has 0 aliphatic carbocycles. The molecule has 1 N–H and O–H groups in total. The van der Waals surface area contributed by atoms with Gasteiger partial charge in [0.2, 0.25) is 0 Å². The molecule has 0 fully saturated rings. The summed E-state index contributed by atoms with van der Waals surface area (Å²) in [4.78, 5) is 45.7. The number of hydrogen-bond acceptors (Lipinski definition) is 7. The van der Waals surface area contributed by atoms with Crippen LogP contribution in [0.3, 0.4) is 0 Å². The highest BCUT2D eigenvalue weighted by molar-refractivity contribution is 5.85. The molecule has 0 aliphatic heterocycles. The maximum absolute atomic E-state index is 12.3. The quantitative estimate of drug-likeness (QED) is 0.449. The van der Waals surface area contributed by atoms with Gasteiger partial charge in [0.15, 0.2) is 12.4 Å². The first-order valence-corrected chi connectivity index (χ1v) is 7.52. The summed E-state index contributed by atoms with van der Waals surface area (Å²) >= 11 is 0. The molecular weight excluding hydrogens is 346 g/mol. The van der Waals surface area contributed by atoms with Crippen LogP contribution in [0.1, 0.15) is 6.92 Å². The summed E-state index contributed by atoms with van der Waals surface area (Å²) in [6.45, 7) is 0.939. The minimum Gasteiger partial charge on any atom is -0.478 e. The van der Waals surface area contributed by atoms with Gasteiger partial charge >= 0.3 is 5.97 Å². The van der Waals surface area contributed by atoms with E-state index < -0.39 is 35.0 Å². The lowest BCUT2D eigenvalue weighted by Gasteiger charge is -2.13. The van der Waals surface area contributed by atoms with Crippen LogP contribution in [-0.2, 0) is 21.4 Å². The molecule has 2 aromatic rings. The van der Waals surface area contributed by atoms with Crippen LogP contribution in [0.4, 0.5) is 5.69 Å². The Balaban J connectivity index is 2.22. The van der Waals surface area contributed by atoms with E-state index in [9.17, 15) is 24.5 Å². The van der Waals surface area contributed by atoms with Crippen molar-refractivity contribution in [3.63, 3.8) is 0 Å². The van der Waals surface area contributed by atoms with E-state index in [1.165, 1.54) is 49.9 Å². The second-order valence-electron chi connectivity index (χ2n) is 5.47. The van der Waals surface area contributed by atoms with Gasteiger partial charge in [-0.25, -0.2) is 4.79 Å². The van der Waals surface area contributed by atoms with Crippen molar-refractivity contribution in [3.05, 3.63) is 44.7 Å². The first-order valence-electron chi connectivity index (χ1n) is 7.52. The molecule has 10 nitrogen and oxygen atoms in total. The van der Waals surface area contributed by atoms with E-state index in [2.05, 4.69) is 10.1 Å². The number of rotatable bonds is 6. The lowest BCUT2D eigenvalue weighted by Crippen LogP contribution is -2.41. The largest absolute Gasteiger partial charge is 0.478 e. The number of amides is 1. The average Bonchev–Trinajstić information content (AvgIpc) is 2.62. The van der Waals surface area contributed by atoms with Gasteiger partial charge in [-0.3, -0.25) is 19.7 Å². The fraction of sp³-hybridized carbons (Fsp3) is 0.312. The number of fused-ring (bicyclic) bond motifs is 1. The molecule has 0 unspecified atom stereocenters. The Labute approximate surface area is 147 Å². The van der Waals surface area contributed by atoms with Crippen molar-refractivity contribution in [2.75, 3.05) is 13.7 Å². The average molecular weight is 363 g/mol. The molecular formula is C16H17N3O7. The summed E-state index contributed by atoms with van der Waals surface area (Å²) < 4.78 is 11.0. The summed E-state index contributed by atoms with van der Waals surface area (Å²) in [5.41, 5.74) is -0.149. The van der Waals surface area contributed by atoms with Crippen LogP contribution in [0.5, 0.6) is 5.75 Å². The third-order valence-corrected chi connectivity index (χ3v) is 3.68. The van der Waals surface area contributed by atoms with Gasteiger partial charge in [0, 0.05) is 24.6 Å². The molecule has 26 heavy (non-hydrogen) atoms. The maximum atomic E-state index is 12.3. The summed E-state index contributed by atoms with van der Waals surface area (Å²) in [6.07, 6.45) is 0. The van der Waals surface area contributed by atoms with E-state index in [4.69, 9.17) is 4.74 Å². The Bertz CT molecular complexity index is 935. The number of nitrogens with one attached hydrogen (secondary N) is 1. The number of aromatic nitrogens is 1. The lowest BCUT2D eigenvalue weighted by molar-refractivity contribution is -0.384. The van der Waals surface area contributed by atoms with Crippen LogP contribution in [-0.4, -0.2) is 41.1 Å². The molecule has 2 rings (SSSR count). The number of benzene rings is 1. The van der Waals surface area contributed by atoms with E-state index in [1.807, 2.05) is 0 Å². The summed E-state index contributed by atoms with van der Waals surface area (Å²) in [6, 6.07) is 4.54. The van der Waals surface area contributed by atoms with E-state index in [-0.39, 0.29) is 11.4 Å². The van der Waals surface area contributed by atoms with Gasteiger partial charge in [-0.1, -0.05) is 0 Å². The van der Waals surface area contributed by atoms with Gasteiger partial charge in [0.05, 0.1) is 17.5 Å². The molecule has 1 aromatic carbocycles. The first-order chi connectivity index (χ1) is 12.2. The first kappa shape index (κ1) is 18.9. The number of nitro benzene ring substituents is 1. The highest BCUT2D eigenvalue weighted by atomic mass is 16.6. The monoisotopic (exact) mass is 363 g/mol. The predicted molar refractivity (Wildman–Crippen MR) is 91.0 cm³/mol. The maximum Gasteiger partial charge on any atom is 0.328 e.